The minimum absolute atomic E-state index is 0.0403. The van der Waals surface area contributed by atoms with Gasteiger partial charge in [-0.2, -0.15) is 4.98 Å². The zero-order valence-corrected chi connectivity index (χ0v) is 16.9. The molecule has 4 rings (SSSR count). The number of carbonyl (C=O) groups is 1. The number of aromatic nitrogens is 2. The Morgan fingerprint density at radius 2 is 1.87 bits per heavy atom. The second kappa shape index (κ2) is 8.99. The maximum absolute atomic E-state index is 13.4. The number of halogens is 3. The third kappa shape index (κ3) is 4.83. The Morgan fingerprint density at radius 1 is 1.10 bits per heavy atom. The number of ether oxygens (including phenoxy) is 1. The number of piperidine rings is 1. The first-order valence-corrected chi connectivity index (χ1v) is 10.3. The SMILES string of the molecule is O=C(CN1CCCn2c1cc(OCc1ccc(F)c(F)c1)nc2=O)N1CCC(F)CC1. The van der Waals surface area contributed by atoms with Gasteiger partial charge in [-0.1, -0.05) is 6.07 Å². The first-order chi connectivity index (χ1) is 14.9. The summed E-state index contributed by atoms with van der Waals surface area (Å²) in [7, 11) is 0. The molecule has 1 aromatic carbocycles. The molecule has 0 spiro atoms. The van der Waals surface area contributed by atoms with Gasteiger partial charge in [-0.3, -0.25) is 9.36 Å². The van der Waals surface area contributed by atoms with Crippen molar-refractivity contribution in [3.8, 4) is 5.88 Å². The Balaban J connectivity index is 1.48. The molecule has 3 heterocycles. The number of rotatable bonds is 5. The highest BCUT2D eigenvalue weighted by Gasteiger charge is 2.27. The smallest absolute Gasteiger partial charge is 0.352 e. The Bertz CT molecular complexity index is 1020. The van der Waals surface area contributed by atoms with Crippen molar-refractivity contribution in [3.05, 3.63) is 51.9 Å². The number of hydrogen-bond acceptors (Lipinski definition) is 5. The first-order valence-electron chi connectivity index (χ1n) is 10.3. The standard InChI is InChI=1S/C21H23F3N4O3/c22-15-4-8-26(9-5-15)20(29)12-27-6-1-7-28-19(27)11-18(25-21(28)30)31-13-14-2-3-16(23)17(24)10-14/h2-3,10-11,15H,1,4-9,12-13H2. The molecule has 2 aliphatic rings. The van der Waals surface area contributed by atoms with E-state index in [0.29, 0.717) is 56.8 Å². The number of fused-ring (bicyclic) bond motifs is 1. The number of amides is 1. The third-order valence-corrected chi connectivity index (χ3v) is 5.57. The molecule has 1 fully saturated rings. The summed E-state index contributed by atoms with van der Waals surface area (Å²) in [6.07, 6.45) is 0.504. The largest absolute Gasteiger partial charge is 0.473 e. The van der Waals surface area contributed by atoms with Crippen LogP contribution in [0.4, 0.5) is 19.0 Å². The summed E-state index contributed by atoms with van der Waals surface area (Å²) in [6.45, 7) is 1.81. The van der Waals surface area contributed by atoms with Crippen molar-refractivity contribution in [1.82, 2.24) is 14.5 Å². The molecular formula is C21H23F3N4O3. The van der Waals surface area contributed by atoms with E-state index >= 15 is 0 Å². The fourth-order valence-electron chi connectivity index (χ4n) is 3.86. The molecule has 1 saturated heterocycles. The summed E-state index contributed by atoms with van der Waals surface area (Å²) in [6, 6.07) is 4.98. The molecule has 0 bridgehead atoms. The van der Waals surface area contributed by atoms with Crippen molar-refractivity contribution in [2.75, 3.05) is 31.1 Å². The van der Waals surface area contributed by atoms with Gasteiger partial charge in [0.25, 0.3) is 0 Å². The van der Waals surface area contributed by atoms with Crippen molar-refractivity contribution in [2.24, 2.45) is 0 Å². The summed E-state index contributed by atoms with van der Waals surface area (Å²) in [5, 5.41) is 0. The lowest BCUT2D eigenvalue weighted by Gasteiger charge is -2.34. The third-order valence-electron chi connectivity index (χ3n) is 5.57. The molecule has 7 nitrogen and oxygen atoms in total. The fraction of sp³-hybridized carbons (Fsp3) is 0.476. The maximum Gasteiger partial charge on any atom is 0.352 e. The van der Waals surface area contributed by atoms with Crippen LogP contribution in [-0.4, -0.2) is 52.7 Å². The van der Waals surface area contributed by atoms with E-state index in [0.717, 1.165) is 12.1 Å². The Hall–Kier alpha value is -3.04. The zero-order valence-electron chi connectivity index (χ0n) is 16.9. The summed E-state index contributed by atoms with van der Waals surface area (Å²) < 4.78 is 46.8. The van der Waals surface area contributed by atoms with Gasteiger partial charge in [0.15, 0.2) is 11.6 Å². The van der Waals surface area contributed by atoms with Crippen LogP contribution in [0.5, 0.6) is 5.88 Å². The van der Waals surface area contributed by atoms with Gasteiger partial charge in [0.05, 0.1) is 6.54 Å². The Labute approximate surface area is 177 Å². The number of carbonyl (C=O) groups excluding carboxylic acids is 1. The van der Waals surface area contributed by atoms with E-state index in [1.54, 1.807) is 15.9 Å². The van der Waals surface area contributed by atoms with E-state index in [2.05, 4.69) is 4.98 Å². The summed E-state index contributed by atoms with van der Waals surface area (Å²) in [4.78, 5) is 32.5. The summed E-state index contributed by atoms with van der Waals surface area (Å²) >= 11 is 0. The van der Waals surface area contributed by atoms with Crippen LogP contribution < -0.4 is 15.3 Å². The molecule has 0 saturated carbocycles. The minimum Gasteiger partial charge on any atom is -0.473 e. The van der Waals surface area contributed by atoms with E-state index in [-0.39, 0.29) is 24.9 Å². The van der Waals surface area contributed by atoms with Crippen molar-refractivity contribution < 1.29 is 22.7 Å². The van der Waals surface area contributed by atoms with Gasteiger partial charge < -0.3 is 14.5 Å². The lowest BCUT2D eigenvalue weighted by atomic mass is 10.1. The van der Waals surface area contributed by atoms with Crippen LogP contribution in [0.25, 0.3) is 0 Å². The minimum atomic E-state index is -0.985. The lowest BCUT2D eigenvalue weighted by molar-refractivity contribution is -0.131. The van der Waals surface area contributed by atoms with Crippen LogP contribution in [0.2, 0.25) is 0 Å². The van der Waals surface area contributed by atoms with Crippen molar-refractivity contribution >= 4 is 11.7 Å². The van der Waals surface area contributed by atoms with Gasteiger partial charge in [-0.15, -0.1) is 0 Å². The number of benzene rings is 1. The van der Waals surface area contributed by atoms with Crippen LogP contribution in [0.15, 0.2) is 29.1 Å². The van der Waals surface area contributed by atoms with Gasteiger partial charge in [-0.05, 0) is 37.0 Å². The van der Waals surface area contributed by atoms with Gasteiger partial charge in [0.1, 0.15) is 18.6 Å². The molecule has 0 N–H and O–H groups in total. The number of anilines is 1. The molecule has 0 unspecified atom stereocenters. The van der Waals surface area contributed by atoms with Crippen molar-refractivity contribution in [3.63, 3.8) is 0 Å². The average Bonchev–Trinajstić information content (AvgIpc) is 2.75. The lowest BCUT2D eigenvalue weighted by Crippen LogP contribution is -2.47. The average molecular weight is 436 g/mol. The molecule has 1 amide bonds. The van der Waals surface area contributed by atoms with Crippen LogP contribution in [0.1, 0.15) is 24.8 Å². The Morgan fingerprint density at radius 3 is 2.61 bits per heavy atom. The van der Waals surface area contributed by atoms with E-state index in [9.17, 15) is 22.8 Å². The van der Waals surface area contributed by atoms with Crippen molar-refractivity contribution in [1.29, 1.82) is 0 Å². The molecule has 0 radical (unpaired) electrons. The van der Waals surface area contributed by atoms with Gasteiger partial charge in [0, 0.05) is 32.2 Å². The normalized spacial score (nSPS) is 16.9. The number of hydrogen-bond donors (Lipinski definition) is 0. The monoisotopic (exact) mass is 436 g/mol. The predicted molar refractivity (Wildman–Crippen MR) is 107 cm³/mol. The van der Waals surface area contributed by atoms with Gasteiger partial charge in [-0.25, -0.2) is 18.0 Å². The fourth-order valence-corrected chi connectivity index (χ4v) is 3.86. The Kier molecular flexibility index (Phi) is 6.15. The highest BCUT2D eigenvalue weighted by atomic mass is 19.2. The highest BCUT2D eigenvalue weighted by molar-refractivity contribution is 5.81. The number of likely N-dealkylation sites (tertiary alicyclic amines) is 1. The van der Waals surface area contributed by atoms with Crippen molar-refractivity contribution in [2.45, 2.75) is 38.6 Å². The molecule has 31 heavy (non-hydrogen) atoms. The molecule has 10 heteroatoms. The summed E-state index contributed by atoms with van der Waals surface area (Å²) in [5.74, 6) is -1.50. The van der Waals surface area contributed by atoms with Gasteiger partial charge >= 0.3 is 5.69 Å². The second-order valence-electron chi connectivity index (χ2n) is 7.75. The summed E-state index contributed by atoms with van der Waals surface area (Å²) in [5.41, 5.74) is -0.116. The topological polar surface area (TPSA) is 67.7 Å². The highest BCUT2D eigenvalue weighted by Crippen LogP contribution is 2.23. The maximum atomic E-state index is 13.4. The van der Waals surface area contributed by atoms with E-state index in [4.69, 9.17) is 4.74 Å². The van der Waals surface area contributed by atoms with Crippen LogP contribution in [0.3, 0.4) is 0 Å². The van der Waals surface area contributed by atoms with Gasteiger partial charge in [0.2, 0.25) is 11.8 Å². The zero-order chi connectivity index (χ0) is 22.0. The second-order valence-corrected chi connectivity index (χ2v) is 7.75. The number of alkyl halides is 1. The van der Waals surface area contributed by atoms with Crippen LogP contribution in [0, 0.1) is 11.6 Å². The number of nitrogens with zero attached hydrogens (tertiary/aromatic N) is 4. The molecule has 1 aromatic heterocycles. The van der Waals surface area contributed by atoms with E-state index in [1.165, 1.54) is 10.6 Å². The molecule has 2 aliphatic heterocycles. The van der Waals surface area contributed by atoms with Crippen LogP contribution in [-0.2, 0) is 17.9 Å². The molecule has 0 atom stereocenters. The quantitative estimate of drug-likeness (QED) is 0.720. The molecule has 166 valence electrons. The van der Waals surface area contributed by atoms with E-state index in [1.807, 2.05) is 0 Å². The molecule has 2 aromatic rings. The first kappa shape index (κ1) is 21.2. The predicted octanol–water partition coefficient (Wildman–Crippen LogP) is 2.27. The molecule has 0 aliphatic carbocycles. The van der Waals surface area contributed by atoms with Crippen LogP contribution >= 0.6 is 0 Å². The molecular weight excluding hydrogens is 413 g/mol. The van der Waals surface area contributed by atoms with E-state index < -0.39 is 23.5 Å².